The highest BCUT2D eigenvalue weighted by Crippen LogP contribution is 2.27. The summed E-state index contributed by atoms with van der Waals surface area (Å²) in [6, 6.07) is 10.7. The van der Waals surface area contributed by atoms with Gasteiger partial charge in [0.15, 0.2) is 5.11 Å². The van der Waals surface area contributed by atoms with Gasteiger partial charge in [0.1, 0.15) is 0 Å². The van der Waals surface area contributed by atoms with Gasteiger partial charge in [0, 0.05) is 29.3 Å². The topological polar surface area (TPSA) is 15.3 Å². The zero-order valence-corrected chi connectivity index (χ0v) is 12.6. The Morgan fingerprint density at radius 1 is 1.44 bits per heavy atom. The molecular weight excluding hydrogens is 260 g/mol. The molecule has 2 unspecified atom stereocenters. The van der Waals surface area contributed by atoms with Crippen LogP contribution in [0.4, 0.5) is 5.69 Å². The Hall–Kier alpha value is -0.740. The Labute approximate surface area is 119 Å². The van der Waals surface area contributed by atoms with Crippen molar-refractivity contribution in [2.75, 3.05) is 17.6 Å². The van der Waals surface area contributed by atoms with E-state index in [0.29, 0.717) is 11.3 Å². The number of hydrogen-bond acceptors (Lipinski definition) is 2. The van der Waals surface area contributed by atoms with Crippen LogP contribution in [0.25, 0.3) is 0 Å². The fourth-order valence-electron chi connectivity index (χ4n) is 2.39. The first-order chi connectivity index (χ1) is 8.72. The summed E-state index contributed by atoms with van der Waals surface area (Å²) in [5.74, 6) is 1.16. The van der Waals surface area contributed by atoms with Gasteiger partial charge in [-0.3, -0.25) is 0 Å². The standard InChI is InChI=1S/C14H20N2S2/c1-3-13-11(2)18-10-9-16(13)14(17)15-12-7-5-4-6-8-12/h4-8,11,13H,3,9-10H2,1-2H3,(H,15,17). The van der Waals surface area contributed by atoms with E-state index >= 15 is 0 Å². The van der Waals surface area contributed by atoms with Gasteiger partial charge in [-0.1, -0.05) is 32.0 Å². The Morgan fingerprint density at radius 2 is 2.17 bits per heavy atom. The van der Waals surface area contributed by atoms with Crippen LogP contribution in [-0.2, 0) is 0 Å². The molecule has 2 rings (SSSR count). The fourth-order valence-corrected chi connectivity index (χ4v) is 3.97. The van der Waals surface area contributed by atoms with E-state index in [9.17, 15) is 0 Å². The van der Waals surface area contributed by atoms with Gasteiger partial charge in [-0.25, -0.2) is 0 Å². The highest BCUT2D eigenvalue weighted by molar-refractivity contribution is 8.00. The lowest BCUT2D eigenvalue weighted by molar-refractivity contribution is 0.309. The SMILES string of the molecule is CCC1C(C)SCCN1C(=S)Nc1ccccc1. The van der Waals surface area contributed by atoms with Crippen molar-refractivity contribution >= 4 is 34.8 Å². The molecular formula is C14H20N2S2. The third-order valence-electron chi connectivity index (χ3n) is 3.36. The number of para-hydroxylation sites is 1. The Balaban J connectivity index is 2.03. The molecule has 18 heavy (non-hydrogen) atoms. The van der Waals surface area contributed by atoms with Crippen LogP contribution in [0.15, 0.2) is 30.3 Å². The first-order valence-electron chi connectivity index (χ1n) is 6.46. The maximum atomic E-state index is 5.56. The number of anilines is 1. The number of nitrogens with zero attached hydrogens (tertiary/aromatic N) is 1. The molecule has 1 aromatic carbocycles. The van der Waals surface area contributed by atoms with E-state index in [1.54, 1.807) is 0 Å². The van der Waals surface area contributed by atoms with Gasteiger partial charge in [-0.05, 0) is 30.8 Å². The normalized spacial score (nSPS) is 23.8. The minimum absolute atomic E-state index is 0.549. The summed E-state index contributed by atoms with van der Waals surface area (Å²) in [5, 5.41) is 4.86. The van der Waals surface area contributed by atoms with Crippen LogP contribution in [0, 0.1) is 0 Å². The first kappa shape index (κ1) is 13.7. The van der Waals surface area contributed by atoms with E-state index in [0.717, 1.165) is 29.5 Å². The van der Waals surface area contributed by atoms with Gasteiger partial charge in [0.2, 0.25) is 0 Å². The second-order valence-corrected chi connectivity index (χ2v) is 6.41. The van der Waals surface area contributed by atoms with Crippen molar-refractivity contribution in [2.45, 2.75) is 31.6 Å². The van der Waals surface area contributed by atoms with Gasteiger partial charge < -0.3 is 10.2 Å². The summed E-state index contributed by atoms with van der Waals surface area (Å²) in [7, 11) is 0. The Kier molecular flexibility index (Phi) is 4.89. The maximum Gasteiger partial charge on any atom is 0.173 e. The van der Waals surface area contributed by atoms with Crippen molar-refractivity contribution in [2.24, 2.45) is 0 Å². The number of benzene rings is 1. The average Bonchev–Trinajstić information content (AvgIpc) is 2.39. The molecule has 1 aliphatic rings. The van der Waals surface area contributed by atoms with Crippen LogP contribution in [0.1, 0.15) is 20.3 Å². The molecule has 0 aromatic heterocycles. The van der Waals surface area contributed by atoms with Crippen LogP contribution >= 0.6 is 24.0 Å². The summed E-state index contributed by atoms with van der Waals surface area (Å²) in [6.45, 7) is 5.59. The molecule has 1 fully saturated rings. The first-order valence-corrected chi connectivity index (χ1v) is 7.92. The van der Waals surface area contributed by atoms with E-state index in [4.69, 9.17) is 12.2 Å². The molecule has 1 heterocycles. The third kappa shape index (κ3) is 3.18. The van der Waals surface area contributed by atoms with Crippen molar-refractivity contribution in [3.63, 3.8) is 0 Å². The van der Waals surface area contributed by atoms with Crippen molar-refractivity contribution in [3.8, 4) is 0 Å². The molecule has 1 N–H and O–H groups in total. The molecule has 1 saturated heterocycles. The van der Waals surface area contributed by atoms with Crippen LogP contribution < -0.4 is 5.32 Å². The fraction of sp³-hybridized carbons (Fsp3) is 0.500. The zero-order chi connectivity index (χ0) is 13.0. The molecule has 2 atom stereocenters. The summed E-state index contributed by atoms with van der Waals surface area (Å²) < 4.78 is 0. The molecule has 0 aliphatic carbocycles. The van der Waals surface area contributed by atoms with Crippen molar-refractivity contribution in [1.29, 1.82) is 0 Å². The Bertz CT molecular complexity index is 394. The lowest BCUT2D eigenvalue weighted by Crippen LogP contribution is -2.50. The lowest BCUT2D eigenvalue weighted by Gasteiger charge is -2.40. The number of hydrogen-bond donors (Lipinski definition) is 1. The van der Waals surface area contributed by atoms with E-state index in [-0.39, 0.29) is 0 Å². The van der Waals surface area contributed by atoms with E-state index in [2.05, 4.69) is 36.2 Å². The largest absolute Gasteiger partial charge is 0.344 e. The third-order valence-corrected chi connectivity index (χ3v) is 4.95. The predicted octanol–water partition coefficient (Wildman–Crippen LogP) is 3.60. The monoisotopic (exact) mass is 280 g/mol. The number of thioether (sulfide) groups is 1. The molecule has 0 amide bonds. The van der Waals surface area contributed by atoms with Crippen LogP contribution in [-0.4, -0.2) is 33.6 Å². The van der Waals surface area contributed by atoms with E-state index < -0.39 is 0 Å². The van der Waals surface area contributed by atoms with Crippen LogP contribution in [0.3, 0.4) is 0 Å². The van der Waals surface area contributed by atoms with E-state index in [1.165, 1.54) is 0 Å². The van der Waals surface area contributed by atoms with Crippen molar-refractivity contribution < 1.29 is 0 Å². The molecule has 0 radical (unpaired) electrons. The van der Waals surface area contributed by atoms with Crippen LogP contribution in [0.2, 0.25) is 0 Å². The second-order valence-electron chi connectivity index (χ2n) is 4.54. The zero-order valence-electron chi connectivity index (χ0n) is 10.9. The maximum absolute atomic E-state index is 5.56. The second kappa shape index (κ2) is 6.43. The number of rotatable bonds is 2. The molecule has 2 nitrogen and oxygen atoms in total. The summed E-state index contributed by atoms with van der Waals surface area (Å²) >= 11 is 7.61. The molecule has 0 bridgehead atoms. The number of thiocarbonyl (C=S) groups is 1. The van der Waals surface area contributed by atoms with Gasteiger partial charge in [-0.15, -0.1) is 0 Å². The molecule has 0 saturated carbocycles. The summed E-state index contributed by atoms with van der Waals surface area (Å²) in [6.07, 6.45) is 1.14. The quantitative estimate of drug-likeness (QED) is 0.832. The van der Waals surface area contributed by atoms with Crippen LogP contribution in [0.5, 0.6) is 0 Å². The van der Waals surface area contributed by atoms with Gasteiger partial charge in [0.05, 0.1) is 0 Å². The highest BCUT2D eigenvalue weighted by Gasteiger charge is 2.29. The van der Waals surface area contributed by atoms with Crippen molar-refractivity contribution in [1.82, 2.24) is 4.90 Å². The Morgan fingerprint density at radius 3 is 2.83 bits per heavy atom. The summed E-state index contributed by atoms with van der Waals surface area (Å²) in [5.41, 5.74) is 1.07. The molecule has 0 spiro atoms. The minimum atomic E-state index is 0.549. The minimum Gasteiger partial charge on any atom is -0.344 e. The predicted molar refractivity (Wildman–Crippen MR) is 85.4 cm³/mol. The van der Waals surface area contributed by atoms with Gasteiger partial charge in [0.25, 0.3) is 0 Å². The molecule has 98 valence electrons. The molecule has 4 heteroatoms. The molecule has 1 aliphatic heterocycles. The number of nitrogens with one attached hydrogen (secondary N) is 1. The summed E-state index contributed by atoms with van der Waals surface area (Å²) in [4.78, 5) is 2.35. The highest BCUT2D eigenvalue weighted by atomic mass is 32.2. The lowest BCUT2D eigenvalue weighted by atomic mass is 10.1. The van der Waals surface area contributed by atoms with Gasteiger partial charge in [-0.2, -0.15) is 11.8 Å². The average molecular weight is 280 g/mol. The smallest absolute Gasteiger partial charge is 0.173 e. The van der Waals surface area contributed by atoms with E-state index in [1.807, 2.05) is 30.0 Å². The van der Waals surface area contributed by atoms with Gasteiger partial charge >= 0.3 is 0 Å². The van der Waals surface area contributed by atoms with Crippen molar-refractivity contribution in [3.05, 3.63) is 30.3 Å². The molecule has 1 aromatic rings.